The Kier molecular flexibility index (Phi) is 7.58. The third-order valence-electron chi connectivity index (χ3n) is 1.69. The predicted molar refractivity (Wildman–Crippen MR) is 51.0 cm³/mol. The molecular formula is C9H19Al. The van der Waals surface area contributed by atoms with E-state index in [1.165, 1.54) is 31.0 Å². The molecule has 0 nitrogen and oxygen atoms in total. The average molecular weight is 154 g/mol. The number of hydrogen-bond acceptors (Lipinski definition) is 0. The molecule has 0 saturated heterocycles. The number of unbranched alkanes of at least 4 members (excludes halogenated alkanes) is 3. The Morgan fingerprint density at radius 1 is 1.20 bits per heavy atom. The van der Waals surface area contributed by atoms with Gasteiger partial charge in [-0.1, -0.05) is 24.2 Å². The van der Waals surface area contributed by atoms with E-state index in [1.807, 2.05) is 6.08 Å². The maximum Gasteiger partial charge on any atom is 0.255 e. The largest absolute Gasteiger partial charge is 0.255 e. The maximum absolute atomic E-state index is 3.70. The molecule has 10 heavy (non-hydrogen) atoms. The van der Waals surface area contributed by atoms with Gasteiger partial charge >= 0.3 is 0 Å². The molecule has 0 bridgehead atoms. The van der Waals surface area contributed by atoms with Crippen LogP contribution in [0.4, 0.5) is 0 Å². The van der Waals surface area contributed by atoms with Crippen molar-refractivity contribution in [2.24, 2.45) is 0 Å². The zero-order chi connectivity index (χ0) is 7.82. The lowest BCUT2D eigenvalue weighted by Crippen LogP contribution is -1.97. The van der Waals surface area contributed by atoms with Crippen LogP contribution in [-0.2, 0) is 0 Å². The Bertz CT molecular complexity index is 76.8. The fraction of sp³-hybridized carbons (Fsp3) is 0.778. The van der Waals surface area contributed by atoms with Crippen molar-refractivity contribution in [1.29, 1.82) is 0 Å². The Hall–Kier alpha value is 0.272. The molecule has 0 radical (unpaired) electrons. The minimum absolute atomic E-state index is 0.248. The molecule has 0 aliphatic rings. The van der Waals surface area contributed by atoms with Gasteiger partial charge in [0, 0.05) is 0 Å². The zero-order valence-corrected chi connectivity index (χ0v) is 8.55. The molecule has 1 heteroatoms. The van der Waals surface area contributed by atoms with E-state index in [4.69, 9.17) is 0 Å². The van der Waals surface area contributed by atoms with Crippen LogP contribution in [-0.4, -0.2) is 14.1 Å². The van der Waals surface area contributed by atoms with Crippen LogP contribution in [0, 0.1) is 0 Å². The van der Waals surface area contributed by atoms with Gasteiger partial charge in [0.15, 0.2) is 0 Å². The highest BCUT2D eigenvalue weighted by atomic mass is 27.2. The summed E-state index contributed by atoms with van der Waals surface area (Å²) >= 11 is -0.248. The summed E-state index contributed by atoms with van der Waals surface area (Å²) in [6, 6.07) is 0. The first-order valence-corrected chi connectivity index (χ1v) is 7.51. The van der Waals surface area contributed by atoms with Crippen molar-refractivity contribution in [3.8, 4) is 0 Å². The molecule has 0 aromatic carbocycles. The fourth-order valence-corrected chi connectivity index (χ4v) is 2.12. The Morgan fingerprint density at radius 2 is 1.90 bits per heavy atom. The lowest BCUT2D eigenvalue weighted by molar-refractivity contribution is 0.726. The van der Waals surface area contributed by atoms with Gasteiger partial charge in [-0.05, 0) is 12.8 Å². The average Bonchev–Trinajstić information content (AvgIpc) is 1.87. The minimum atomic E-state index is -0.248. The fourth-order valence-electron chi connectivity index (χ4n) is 1.02. The molecule has 0 unspecified atom stereocenters. The molecule has 0 fully saturated rings. The van der Waals surface area contributed by atoms with Gasteiger partial charge in [0.2, 0.25) is 0 Å². The highest BCUT2D eigenvalue weighted by Crippen LogP contribution is 2.05. The molecular weight excluding hydrogens is 135 g/mol. The van der Waals surface area contributed by atoms with Crippen LogP contribution in [0.15, 0.2) is 12.7 Å². The zero-order valence-electron chi connectivity index (χ0n) is 7.40. The summed E-state index contributed by atoms with van der Waals surface area (Å²) < 4.78 is 0. The van der Waals surface area contributed by atoms with Gasteiger partial charge in [0.1, 0.15) is 0 Å². The number of allylic oxidation sites excluding steroid dienone is 1. The van der Waals surface area contributed by atoms with Gasteiger partial charge in [-0.2, -0.15) is 0 Å². The van der Waals surface area contributed by atoms with Crippen molar-refractivity contribution in [3.05, 3.63) is 12.7 Å². The molecule has 0 heterocycles. The molecule has 0 rings (SSSR count). The topological polar surface area (TPSA) is 0 Å². The molecule has 58 valence electrons. The summed E-state index contributed by atoms with van der Waals surface area (Å²) in [6.07, 6.45) is 7.45. The van der Waals surface area contributed by atoms with Crippen LogP contribution in [0.1, 0.15) is 25.7 Å². The lowest BCUT2D eigenvalue weighted by atomic mass is 10.2. The molecule has 0 aromatic heterocycles. The van der Waals surface area contributed by atoms with Crippen LogP contribution in [0.3, 0.4) is 0 Å². The van der Waals surface area contributed by atoms with Crippen molar-refractivity contribution in [1.82, 2.24) is 0 Å². The van der Waals surface area contributed by atoms with E-state index in [1.54, 1.807) is 0 Å². The van der Waals surface area contributed by atoms with Crippen molar-refractivity contribution < 1.29 is 0 Å². The van der Waals surface area contributed by atoms with Gasteiger partial charge in [0.05, 0.1) is 0 Å². The molecule has 0 atom stereocenters. The quantitative estimate of drug-likeness (QED) is 0.312. The van der Waals surface area contributed by atoms with Crippen molar-refractivity contribution in [3.63, 3.8) is 0 Å². The van der Waals surface area contributed by atoms with Crippen LogP contribution in [0.2, 0.25) is 16.9 Å². The summed E-state index contributed by atoms with van der Waals surface area (Å²) in [5.74, 6) is 4.85. The number of rotatable bonds is 6. The summed E-state index contributed by atoms with van der Waals surface area (Å²) in [4.78, 5) is 0. The standard InChI is InChI=1S/C7H13.2CH3.Al/c1-3-5-7-6-4-2;;;/h3H,1-2,4-7H2;2*1H3;. The molecule has 0 N–H and O–H groups in total. The van der Waals surface area contributed by atoms with Gasteiger partial charge in [-0.25, -0.2) is 0 Å². The Labute approximate surface area is 69.7 Å². The summed E-state index contributed by atoms with van der Waals surface area (Å²) in [6.45, 7) is 3.70. The van der Waals surface area contributed by atoms with Crippen molar-refractivity contribution in [2.45, 2.75) is 42.5 Å². The van der Waals surface area contributed by atoms with Gasteiger partial charge < -0.3 is 0 Å². The normalized spacial score (nSPS) is 9.40. The SMILES string of the molecule is C=CCCCC[CH2][Al]([CH3])[CH3]. The molecule has 0 saturated carbocycles. The van der Waals surface area contributed by atoms with E-state index < -0.39 is 0 Å². The van der Waals surface area contributed by atoms with Gasteiger partial charge in [0.25, 0.3) is 14.1 Å². The second-order valence-corrected chi connectivity index (χ2v) is 6.69. The third kappa shape index (κ3) is 8.27. The summed E-state index contributed by atoms with van der Waals surface area (Å²) in [5, 5.41) is 1.52. The first kappa shape index (κ1) is 10.3. The highest BCUT2D eigenvalue weighted by molar-refractivity contribution is 6.55. The predicted octanol–water partition coefficient (Wildman–Crippen LogP) is 3.49. The van der Waals surface area contributed by atoms with Gasteiger partial charge in [-0.3, -0.25) is 0 Å². The highest BCUT2D eigenvalue weighted by Gasteiger charge is 1.99. The second-order valence-electron chi connectivity index (χ2n) is 3.32. The molecule has 0 aromatic rings. The monoisotopic (exact) mass is 154 g/mol. The van der Waals surface area contributed by atoms with Crippen LogP contribution < -0.4 is 0 Å². The van der Waals surface area contributed by atoms with Crippen LogP contribution in [0.25, 0.3) is 0 Å². The van der Waals surface area contributed by atoms with E-state index in [0.717, 1.165) is 0 Å². The molecule has 0 aliphatic heterocycles. The van der Waals surface area contributed by atoms with Crippen molar-refractivity contribution in [2.75, 3.05) is 0 Å². The van der Waals surface area contributed by atoms with Gasteiger partial charge in [-0.15, -0.1) is 18.2 Å². The molecule has 0 aliphatic carbocycles. The van der Waals surface area contributed by atoms with E-state index in [-0.39, 0.29) is 14.1 Å². The lowest BCUT2D eigenvalue weighted by Gasteiger charge is -1.98. The van der Waals surface area contributed by atoms with E-state index >= 15 is 0 Å². The Morgan fingerprint density at radius 3 is 2.40 bits per heavy atom. The maximum atomic E-state index is 3.70. The molecule has 0 spiro atoms. The van der Waals surface area contributed by atoms with Crippen molar-refractivity contribution >= 4 is 14.1 Å². The minimum Gasteiger partial charge on any atom is -0.106 e. The third-order valence-corrected chi connectivity index (χ3v) is 3.25. The van der Waals surface area contributed by atoms with E-state index in [2.05, 4.69) is 18.2 Å². The first-order valence-electron chi connectivity index (χ1n) is 4.38. The second kappa shape index (κ2) is 7.38. The summed E-state index contributed by atoms with van der Waals surface area (Å²) in [5.41, 5.74) is 0. The first-order chi connectivity index (χ1) is 4.77. The van der Waals surface area contributed by atoms with E-state index in [9.17, 15) is 0 Å². The van der Waals surface area contributed by atoms with Crippen LogP contribution >= 0.6 is 0 Å². The summed E-state index contributed by atoms with van der Waals surface area (Å²) in [7, 11) is 0. The van der Waals surface area contributed by atoms with Crippen LogP contribution in [0.5, 0.6) is 0 Å². The number of hydrogen-bond donors (Lipinski definition) is 0. The molecule has 0 amide bonds. The smallest absolute Gasteiger partial charge is 0.106 e. The van der Waals surface area contributed by atoms with E-state index in [0.29, 0.717) is 0 Å². The Balaban J connectivity index is 2.83.